The van der Waals surface area contributed by atoms with Crippen LogP contribution in [0, 0.1) is 0 Å². The standard InChI is InChI=1S/C13H13ClN2/c1-15-9-11-7-6-10(8-16-11)12-4-2-3-5-13(12)14/h2-8,15H,9H2,1H3. The second-order valence-corrected chi connectivity index (χ2v) is 3.96. The first-order valence-electron chi connectivity index (χ1n) is 5.15. The highest BCUT2D eigenvalue weighted by molar-refractivity contribution is 6.33. The van der Waals surface area contributed by atoms with Crippen LogP contribution in [0.3, 0.4) is 0 Å². The Bertz CT molecular complexity index is 466. The molecule has 2 nitrogen and oxygen atoms in total. The maximum atomic E-state index is 6.12. The van der Waals surface area contributed by atoms with Crippen LogP contribution in [-0.2, 0) is 6.54 Å². The van der Waals surface area contributed by atoms with E-state index in [1.54, 1.807) is 0 Å². The van der Waals surface area contributed by atoms with Crippen LogP contribution in [0.1, 0.15) is 5.69 Å². The molecule has 0 spiro atoms. The molecule has 0 amide bonds. The lowest BCUT2D eigenvalue weighted by atomic mass is 10.1. The minimum Gasteiger partial charge on any atom is -0.314 e. The molecule has 0 atom stereocenters. The fourth-order valence-corrected chi connectivity index (χ4v) is 1.81. The summed E-state index contributed by atoms with van der Waals surface area (Å²) >= 11 is 6.12. The van der Waals surface area contributed by atoms with Crippen molar-refractivity contribution in [2.75, 3.05) is 7.05 Å². The molecule has 0 saturated carbocycles. The van der Waals surface area contributed by atoms with Gasteiger partial charge in [0.1, 0.15) is 0 Å². The van der Waals surface area contributed by atoms with Crippen LogP contribution in [0.25, 0.3) is 11.1 Å². The highest BCUT2D eigenvalue weighted by atomic mass is 35.5. The number of hydrogen-bond donors (Lipinski definition) is 1. The smallest absolute Gasteiger partial charge is 0.0542 e. The van der Waals surface area contributed by atoms with Crippen molar-refractivity contribution in [1.29, 1.82) is 0 Å². The molecule has 0 fully saturated rings. The van der Waals surface area contributed by atoms with E-state index in [4.69, 9.17) is 11.6 Å². The highest BCUT2D eigenvalue weighted by Gasteiger charge is 2.02. The zero-order valence-electron chi connectivity index (χ0n) is 9.07. The van der Waals surface area contributed by atoms with Crippen molar-refractivity contribution >= 4 is 11.6 Å². The average Bonchev–Trinajstić information content (AvgIpc) is 2.31. The van der Waals surface area contributed by atoms with Crippen molar-refractivity contribution in [2.45, 2.75) is 6.54 Å². The van der Waals surface area contributed by atoms with Gasteiger partial charge in [0.25, 0.3) is 0 Å². The number of nitrogens with one attached hydrogen (secondary N) is 1. The van der Waals surface area contributed by atoms with Gasteiger partial charge in [-0.25, -0.2) is 0 Å². The number of rotatable bonds is 3. The van der Waals surface area contributed by atoms with Crippen molar-refractivity contribution in [3.05, 3.63) is 53.3 Å². The van der Waals surface area contributed by atoms with Crippen LogP contribution in [0.4, 0.5) is 0 Å². The predicted molar refractivity (Wildman–Crippen MR) is 67.4 cm³/mol. The van der Waals surface area contributed by atoms with Crippen LogP contribution in [0.15, 0.2) is 42.6 Å². The molecule has 16 heavy (non-hydrogen) atoms. The Morgan fingerprint density at radius 3 is 2.62 bits per heavy atom. The van der Waals surface area contributed by atoms with Crippen molar-refractivity contribution in [1.82, 2.24) is 10.3 Å². The van der Waals surface area contributed by atoms with Crippen molar-refractivity contribution < 1.29 is 0 Å². The largest absolute Gasteiger partial charge is 0.314 e. The molecule has 0 aliphatic carbocycles. The van der Waals surface area contributed by atoms with E-state index in [2.05, 4.69) is 10.3 Å². The molecule has 3 heteroatoms. The molecular formula is C13H13ClN2. The van der Waals surface area contributed by atoms with Crippen molar-refractivity contribution in [3.8, 4) is 11.1 Å². The first kappa shape index (κ1) is 11.1. The minimum absolute atomic E-state index is 0.755. The Hall–Kier alpha value is -1.38. The second kappa shape index (κ2) is 5.10. The number of aromatic nitrogens is 1. The third-order valence-corrected chi connectivity index (χ3v) is 2.70. The van der Waals surface area contributed by atoms with Gasteiger partial charge >= 0.3 is 0 Å². The predicted octanol–water partition coefficient (Wildman–Crippen LogP) is 3.12. The van der Waals surface area contributed by atoms with E-state index >= 15 is 0 Å². The minimum atomic E-state index is 0.755. The summed E-state index contributed by atoms with van der Waals surface area (Å²) in [7, 11) is 1.91. The Balaban J connectivity index is 2.31. The summed E-state index contributed by atoms with van der Waals surface area (Å²) in [6, 6.07) is 11.8. The number of pyridine rings is 1. The molecule has 2 aromatic rings. The van der Waals surface area contributed by atoms with Gasteiger partial charge in [-0.3, -0.25) is 4.98 Å². The van der Waals surface area contributed by atoms with Crippen molar-refractivity contribution in [2.24, 2.45) is 0 Å². The Morgan fingerprint density at radius 1 is 1.19 bits per heavy atom. The molecule has 0 aliphatic rings. The summed E-state index contributed by atoms with van der Waals surface area (Å²) in [6.45, 7) is 0.781. The summed E-state index contributed by atoms with van der Waals surface area (Å²) in [4.78, 5) is 4.36. The highest BCUT2D eigenvalue weighted by Crippen LogP contribution is 2.26. The zero-order chi connectivity index (χ0) is 11.4. The molecule has 1 aromatic carbocycles. The van der Waals surface area contributed by atoms with E-state index in [1.807, 2.05) is 49.6 Å². The van der Waals surface area contributed by atoms with Gasteiger partial charge in [-0.05, 0) is 19.2 Å². The van der Waals surface area contributed by atoms with Gasteiger partial charge in [0, 0.05) is 28.9 Å². The Kier molecular flexibility index (Phi) is 3.54. The number of benzene rings is 1. The summed E-state index contributed by atoms with van der Waals surface area (Å²) in [5.74, 6) is 0. The molecule has 0 bridgehead atoms. The lowest BCUT2D eigenvalue weighted by Crippen LogP contribution is -2.06. The fraction of sp³-hybridized carbons (Fsp3) is 0.154. The SMILES string of the molecule is CNCc1ccc(-c2ccccc2Cl)cn1. The normalized spacial score (nSPS) is 10.4. The molecule has 0 unspecified atom stereocenters. The molecule has 0 saturated heterocycles. The van der Waals surface area contributed by atoms with Gasteiger partial charge in [0.15, 0.2) is 0 Å². The summed E-state index contributed by atoms with van der Waals surface area (Å²) in [5, 5.41) is 3.82. The molecular weight excluding hydrogens is 220 g/mol. The third-order valence-electron chi connectivity index (χ3n) is 2.37. The molecule has 2 rings (SSSR count). The molecule has 82 valence electrons. The number of hydrogen-bond acceptors (Lipinski definition) is 2. The van der Waals surface area contributed by atoms with Gasteiger partial charge in [0.05, 0.1) is 5.69 Å². The average molecular weight is 233 g/mol. The van der Waals surface area contributed by atoms with Gasteiger partial charge in [0.2, 0.25) is 0 Å². The topological polar surface area (TPSA) is 24.9 Å². The lowest BCUT2D eigenvalue weighted by Gasteiger charge is -2.05. The Morgan fingerprint density at radius 2 is 2.00 bits per heavy atom. The summed E-state index contributed by atoms with van der Waals surface area (Å²) in [5.41, 5.74) is 3.09. The van der Waals surface area contributed by atoms with E-state index in [0.717, 1.165) is 28.4 Å². The van der Waals surface area contributed by atoms with Crippen LogP contribution in [-0.4, -0.2) is 12.0 Å². The first-order valence-corrected chi connectivity index (χ1v) is 5.53. The molecule has 1 N–H and O–H groups in total. The maximum Gasteiger partial charge on any atom is 0.0542 e. The van der Waals surface area contributed by atoms with Crippen LogP contribution < -0.4 is 5.32 Å². The molecule has 1 heterocycles. The molecule has 1 aromatic heterocycles. The van der Waals surface area contributed by atoms with Gasteiger partial charge in [-0.2, -0.15) is 0 Å². The van der Waals surface area contributed by atoms with E-state index in [0.29, 0.717) is 0 Å². The van der Waals surface area contributed by atoms with Gasteiger partial charge in [-0.1, -0.05) is 35.9 Å². The lowest BCUT2D eigenvalue weighted by molar-refractivity contribution is 0.791. The van der Waals surface area contributed by atoms with Crippen LogP contribution in [0.2, 0.25) is 5.02 Å². The Labute approximate surface area is 100 Å². The fourth-order valence-electron chi connectivity index (χ4n) is 1.56. The number of nitrogens with zero attached hydrogens (tertiary/aromatic N) is 1. The van der Waals surface area contributed by atoms with Gasteiger partial charge in [-0.15, -0.1) is 0 Å². The molecule has 0 aliphatic heterocycles. The van der Waals surface area contributed by atoms with E-state index in [1.165, 1.54) is 0 Å². The molecule has 0 radical (unpaired) electrons. The van der Waals surface area contributed by atoms with E-state index in [-0.39, 0.29) is 0 Å². The van der Waals surface area contributed by atoms with Crippen LogP contribution >= 0.6 is 11.6 Å². The number of halogens is 1. The summed E-state index contributed by atoms with van der Waals surface area (Å²) < 4.78 is 0. The van der Waals surface area contributed by atoms with E-state index < -0.39 is 0 Å². The quantitative estimate of drug-likeness (QED) is 0.880. The van der Waals surface area contributed by atoms with Crippen molar-refractivity contribution in [3.63, 3.8) is 0 Å². The monoisotopic (exact) mass is 232 g/mol. The van der Waals surface area contributed by atoms with E-state index in [9.17, 15) is 0 Å². The second-order valence-electron chi connectivity index (χ2n) is 3.55. The van der Waals surface area contributed by atoms with Crippen LogP contribution in [0.5, 0.6) is 0 Å². The third kappa shape index (κ3) is 2.40. The summed E-state index contributed by atoms with van der Waals surface area (Å²) in [6.07, 6.45) is 1.86. The first-order chi connectivity index (χ1) is 7.81. The maximum absolute atomic E-state index is 6.12. The zero-order valence-corrected chi connectivity index (χ0v) is 9.83. The van der Waals surface area contributed by atoms with Gasteiger partial charge < -0.3 is 5.32 Å².